The molecule has 0 unspecified atom stereocenters. The largest absolute Gasteiger partial charge is 0.506 e. The monoisotopic (exact) mass is 244 g/mol. The summed E-state index contributed by atoms with van der Waals surface area (Å²) in [5, 5.41) is 16.4. The van der Waals surface area contributed by atoms with Gasteiger partial charge in [-0.25, -0.2) is 8.42 Å². The van der Waals surface area contributed by atoms with Crippen molar-refractivity contribution in [1.82, 2.24) is 0 Å². The van der Waals surface area contributed by atoms with E-state index in [4.69, 9.17) is 15.9 Å². The molecule has 0 amide bonds. The van der Waals surface area contributed by atoms with E-state index >= 15 is 0 Å². The van der Waals surface area contributed by atoms with E-state index in [0.29, 0.717) is 0 Å². The Hall–Kier alpha value is -1.76. The zero-order valence-electron chi connectivity index (χ0n) is 8.60. The molecular weight excluding hydrogens is 232 g/mol. The average molecular weight is 244 g/mol. The molecule has 0 bridgehead atoms. The van der Waals surface area contributed by atoms with Gasteiger partial charge in [-0.1, -0.05) is 0 Å². The number of ether oxygens (including phenoxy) is 1. The quantitative estimate of drug-likeness (QED) is 0.514. The zero-order valence-corrected chi connectivity index (χ0v) is 9.41. The first-order valence-corrected chi connectivity index (χ1v) is 6.18. The van der Waals surface area contributed by atoms with Gasteiger partial charge in [0.05, 0.1) is 0 Å². The normalized spacial score (nSPS) is 11.1. The highest BCUT2D eigenvalue weighted by Gasteiger charge is 2.13. The summed E-state index contributed by atoms with van der Waals surface area (Å²) in [5.41, 5.74) is 5.08. The van der Waals surface area contributed by atoms with Crippen LogP contribution in [0.3, 0.4) is 0 Å². The lowest BCUT2D eigenvalue weighted by Crippen LogP contribution is -2.19. The number of benzene rings is 1. The summed E-state index contributed by atoms with van der Waals surface area (Å²) in [6.45, 7) is -0.113. The van der Waals surface area contributed by atoms with Gasteiger partial charge in [-0.2, -0.15) is 0 Å². The summed E-state index contributed by atoms with van der Waals surface area (Å²) in [6, 6.07) is 3.79. The van der Waals surface area contributed by atoms with Crippen LogP contribution in [0.1, 0.15) is 0 Å². The van der Waals surface area contributed by atoms with E-state index < -0.39 is 9.84 Å². The van der Waals surface area contributed by atoms with Gasteiger partial charge in [-0.3, -0.25) is 5.41 Å². The third-order valence-corrected chi connectivity index (χ3v) is 2.87. The molecule has 6 nitrogen and oxygen atoms in total. The summed E-state index contributed by atoms with van der Waals surface area (Å²) in [5.74, 6) is -0.296. The fourth-order valence-electron chi connectivity index (χ4n) is 1.06. The van der Waals surface area contributed by atoms with Gasteiger partial charge in [-0.15, -0.1) is 0 Å². The Bertz CT molecular complexity index is 510. The Morgan fingerprint density at radius 2 is 2.19 bits per heavy atom. The molecule has 88 valence electrons. The van der Waals surface area contributed by atoms with Gasteiger partial charge in [0.1, 0.15) is 28.8 Å². The molecule has 0 aliphatic carbocycles. The first kappa shape index (κ1) is 12.3. The van der Waals surface area contributed by atoms with Gasteiger partial charge in [0.15, 0.2) is 9.84 Å². The van der Waals surface area contributed by atoms with Gasteiger partial charge < -0.3 is 15.6 Å². The van der Waals surface area contributed by atoms with E-state index in [-0.39, 0.29) is 28.8 Å². The highest BCUT2D eigenvalue weighted by molar-refractivity contribution is 7.90. The van der Waals surface area contributed by atoms with E-state index in [9.17, 15) is 13.5 Å². The van der Waals surface area contributed by atoms with E-state index in [2.05, 4.69) is 0 Å². The summed E-state index contributed by atoms with van der Waals surface area (Å²) >= 11 is 0. The third-order valence-electron chi connectivity index (χ3n) is 1.72. The minimum Gasteiger partial charge on any atom is -0.506 e. The zero-order chi connectivity index (χ0) is 12.3. The van der Waals surface area contributed by atoms with Crippen LogP contribution in [-0.4, -0.2) is 32.2 Å². The Kier molecular flexibility index (Phi) is 3.38. The van der Waals surface area contributed by atoms with Crippen LogP contribution >= 0.6 is 0 Å². The van der Waals surface area contributed by atoms with Crippen molar-refractivity contribution in [1.29, 1.82) is 5.41 Å². The summed E-state index contributed by atoms with van der Waals surface area (Å²) in [6.07, 6.45) is 0.998. The van der Waals surface area contributed by atoms with Crippen molar-refractivity contribution >= 4 is 15.7 Å². The molecule has 0 saturated heterocycles. The molecule has 0 spiro atoms. The summed E-state index contributed by atoms with van der Waals surface area (Å²) in [4.78, 5) is -0.164. The second-order valence-electron chi connectivity index (χ2n) is 3.22. The first-order valence-electron chi connectivity index (χ1n) is 4.29. The van der Waals surface area contributed by atoms with Crippen LogP contribution < -0.4 is 10.5 Å². The number of hydrogen-bond donors (Lipinski definition) is 3. The molecule has 0 radical (unpaired) electrons. The molecule has 0 aliphatic rings. The Morgan fingerprint density at radius 3 is 2.62 bits per heavy atom. The van der Waals surface area contributed by atoms with E-state index in [1.807, 2.05) is 0 Å². The van der Waals surface area contributed by atoms with Gasteiger partial charge in [0.25, 0.3) is 0 Å². The molecule has 0 atom stereocenters. The Balaban J connectivity index is 2.96. The van der Waals surface area contributed by atoms with E-state index in [1.54, 1.807) is 0 Å². The van der Waals surface area contributed by atoms with E-state index in [1.165, 1.54) is 18.2 Å². The number of nitrogens with one attached hydrogen (secondary N) is 1. The molecular formula is C9H12N2O4S. The topological polar surface area (TPSA) is 113 Å². The third kappa shape index (κ3) is 3.13. The number of sulfone groups is 1. The van der Waals surface area contributed by atoms with Crippen LogP contribution in [0.5, 0.6) is 11.5 Å². The van der Waals surface area contributed by atoms with Gasteiger partial charge in [0.2, 0.25) is 0 Å². The molecule has 1 aromatic carbocycles. The van der Waals surface area contributed by atoms with Crippen LogP contribution in [0.2, 0.25) is 0 Å². The number of hydrogen-bond acceptors (Lipinski definition) is 5. The lowest BCUT2D eigenvalue weighted by Gasteiger charge is -2.07. The molecule has 0 aliphatic heterocycles. The maximum Gasteiger partial charge on any atom is 0.179 e. The van der Waals surface area contributed by atoms with Crippen LogP contribution in [0.4, 0.5) is 0 Å². The highest BCUT2D eigenvalue weighted by atomic mass is 32.2. The number of phenols is 1. The molecule has 16 heavy (non-hydrogen) atoms. The SMILES string of the molecule is CS(=O)(=O)c1ccc(OCC(=N)N)cc1O. The number of amidine groups is 1. The lowest BCUT2D eigenvalue weighted by atomic mass is 10.3. The minimum absolute atomic E-state index is 0.113. The van der Waals surface area contributed by atoms with Gasteiger partial charge in [0, 0.05) is 12.3 Å². The van der Waals surface area contributed by atoms with Gasteiger partial charge >= 0.3 is 0 Å². The van der Waals surface area contributed by atoms with Crippen molar-refractivity contribution in [3.8, 4) is 11.5 Å². The van der Waals surface area contributed by atoms with Crippen LogP contribution in [0.15, 0.2) is 23.1 Å². The standard InChI is InChI=1S/C9H12N2O4S/c1-16(13,14)8-3-2-6(4-7(8)12)15-5-9(10)11/h2-4,12H,5H2,1H3,(H3,10,11). The fraction of sp³-hybridized carbons (Fsp3) is 0.222. The van der Waals surface area contributed by atoms with Crippen molar-refractivity contribution in [3.63, 3.8) is 0 Å². The lowest BCUT2D eigenvalue weighted by molar-refractivity contribution is 0.369. The molecule has 0 saturated carbocycles. The van der Waals surface area contributed by atoms with E-state index in [0.717, 1.165) is 6.26 Å². The number of rotatable bonds is 4. The Labute approximate surface area is 93.1 Å². The molecule has 1 aromatic rings. The predicted molar refractivity (Wildman–Crippen MR) is 58.6 cm³/mol. The summed E-state index contributed by atoms with van der Waals surface area (Å²) in [7, 11) is -3.45. The van der Waals surface area contributed by atoms with Gasteiger partial charge in [-0.05, 0) is 12.1 Å². The molecule has 0 heterocycles. The van der Waals surface area contributed by atoms with Crippen molar-refractivity contribution in [2.24, 2.45) is 5.73 Å². The van der Waals surface area contributed by atoms with Crippen molar-refractivity contribution in [2.45, 2.75) is 4.90 Å². The molecule has 0 fully saturated rings. The van der Waals surface area contributed by atoms with Crippen molar-refractivity contribution < 1.29 is 18.3 Å². The Morgan fingerprint density at radius 1 is 1.56 bits per heavy atom. The first-order chi connectivity index (χ1) is 7.30. The van der Waals surface area contributed by atoms with Crippen LogP contribution in [-0.2, 0) is 9.84 Å². The predicted octanol–water partition coefficient (Wildman–Crippen LogP) is 0.110. The van der Waals surface area contributed by atoms with Crippen molar-refractivity contribution in [2.75, 3.05) is 12.9 Å². The number of phenolic OH excluding ortho intramolecular Hbond substituents is 1. The highest BCUT2D eigenvalue weighted by Crippen LogP contribution is 2.27. The molecule has 0 aromatic heterocycles. The fourth-order valence-corrected chi connectivity index (χ4v) is 1.82. The van der Waals surface area contributed by atoms with Crippen LogP contribution in [0.25, 0.3) is 0 Å². The molecule has 7 heteroatoms. The minimum atomic E-state index is -3.45. The number of nitrogens with two attached hydrogens (primary N) is 1. The molecule has 1 rings (SSSR count). The van der Waals surface area contributed by atoms with Crippen LogP contribution in [0, 0.1) is 5.41 Å². The number of aromatic hydroxyl groups is 1. The smallest absolute Gasteiger partial charge is 0.179 e. The molecule has 4 N–H and O–H groups in total. The second kappa shape index (κ2) is 4.40. The summed E-state index contributed by atoms with van der Waals surface area (Å²) < 4.78 is 27.4. The maximum atomic E-state index is 11.2. The maximum absolute atomic E-state index is 11.2. The second-order valence-corrected chi connectivity index (χ2v) is 5.20. The van der Waals surface area contributed by atoms with Crippen molar-refractivity contribution in [3.05, 3.63) is 18.2 Å². The average Bonchev–Trinajstić information content (AvgIpc) is 2.12.